The first-order valence-corrected chi connectivity index (χ1v) is 8.37. The van der Waals surface area contributed by atoms with E-state index < -0.39 is 10.0 Å². The third-order valence-electron chi connectivity index (χ3n) is 3.82. The molecule has 0 radical (unpaired) electrons. The van der Waals surface area contributed by atoms with E-state index in [-0.39, 0.29) is 5.92 Å². The zero-order chi connectivity index (χ0) is 14.9. The van der Waals surface area contributed by atoms with Gasteiger partial charge in [-0.3, -0.25) is 0 Å². The number of hydrogen-bond acceptors (Lipinski definition) is 5. The van der Waals surface area contributed by atoms with Gasteiger partial charge in [0.1, 0.15) is 0 Å². The lowest BCUT2D eigenvalue weighted by Crippen LogP contribution is -2.28. The SMILES string of the molecule is CCc1cccc(S(=O)(=O)N2CCC(c3nn[nH]n3)C2)c1. The maximum atomic E-state index is 12.7. The lowest BCUT2D eigenvalue weighted by Gasteiger charge is -2.16. The standard InChI is InChI=1S/C13H17N5O2S/c1-2-10-4-3-5-12(8-10)21(19,20)18-7-6-11(9-18)13-14-16-17-15-13/h3-5,8,11H,2,6-7,9H2,1H3,(H,14,15,16,17). The molecule has 1 saturated heterocycles. The van der Waals surface area contributed by atoms with Crippen molar-refractivity contribution in [3.8, 4) is 0 Å². The van der Waals surface area contributed by atoms with Crippen LogP contribution in [0.2, 0.25) is 0 Å². The molecule has 1 aliphatic rings. The van der Waals surface area contributed by atoms with E-state index in [9.17, 15) is 8.42 Å². The number of aromatic amines is 1. The van der Waals surface area contributed by atoms with Gasteiger partial charge in [0, 0.05) is 19.0 Å². The molecule has 1 N–H and O–H groups in total. The van der Waals surface area contributed by atoms with Gasteiger partial charge in [-0.2, -0.15) is 9.52 Å². The summed E-state index contributed by atoms with van der Waals surface area (Å²) in [6.07, 6.45) is 1.53. The number of benzene rings is 1. The van der Waals surface area contributed by atoms with Crippen LogP contribution in [0.5, 0.6) is 0 Å². The molecule has 8 heteroatoms. The van der Waals surface area contributed by atoms with Gasteiger partial charge in [-0.15, -0.1) is 10.2 Å². The van der Waals surface area contributed by atoms with Gasteiger partial charge in [-0.25, -0.2) is 8.42 Å². The Morgan fingerprint density at radius 3 is 3.00 bits per heavy atom. The van der Waals surface area contributed by atoms with Crippen LogP contribution in [-0.4, -0.2) is 46.4 Å². The summed E-state index contributed by atoms with van der Waals surface area (Å²) in [5, 5.41) is 13.8. The number of nitrogens with zero attached hydrogens (tertiary/aromatic N) is 4. The smallest absolute Gasteiger partial charge is 0.207 e. The van der Waals surface area contributed by atoms with Gasteiger partial charge < -0.3 is 0 Å². The van der Waals surface area contributed by atoms with Gasteiger partial charge >= 0.3 is 0 Å². The first-order valence-electron chi connectivity index (χ1n) is 6.93. The minimum Gasteiger partial charge on any atom is -0.207 e. The van der Waals surface area contributed by atoms with E-state index in [4.69, 9.17) is 0 Å². The van der Waals surface area contributed by atoms with E-state index in [2.05, 4.69) is 20.6 Å². The Bertz CT molecular complexity index is 714. The molecule has 112 valence electrons. The number of aromatic nitrogens is 4. The second kappa shape index (κ2) is 5.53. The predicted octanol–water partition coefficient (Wildman–Crippen LogP) is 0.940. The monoisotopic (exact) mass is 307 g/mol. The van der Waals surface area contributed by atoms with Crippen LogP contribution in [0.1, 0.15) is 30.7 Å². The average molecular weight is 307 g/mol. The number of aryl methyl sites for hydroxylation is 1. The normalized spacial score (nSPS) is 20.0. The Hall–Kier alpha value is -1.80. The van der Waals surface area contributed by atoms with Gasteiger partial charge in [0.2, 0.25) is 10.0 Å². The zero-order valence-corrected chi connectivity index (χ0v) is 12.5. The number of rotatable bonds is 4. The molecule has 1 aliphatic heterocycles. The van der Waals surface area contributed by atoms with E-state index in [1.54, 1.807) is 18.2 Å². The molecule has 2 aromatic rings. The third-order valence-corrected chi connectivity index (χ3v) is 5.68. The first-order chi connectivity index (χ1) is 10.1. The first kappa shape index (κ1) is 14.2. The number of H-pyrrole nitrogens is 1. The Kier molecular flexibility index (Phi) is 3.73. The molecular weight excluding hydrogens is 290 g/mol. The van der Waals surface area contributed by atoms with Crippen molar-refractivity contribution < 1.29 is 8.42 Å². The molecule has 1 aromatic carbocycles. The fourth-order valence-corrected chi connectivity index (χ4v) is 4.15. The largest absolute Gasteiger partial charge is 0.243 e. The molecule has 1 unspecified atom stereocenters. The van der Waals surface area contributed by atoms with E-state index in [1.807, 2.05) is 13.0 Å². The van der Waals surface area contributed by atoms with Crippen molar-refractivity contribution in [2.45, 2.75) is 30.6 Å². The van der Waals surface area contributed by atoms with E-state index >= 15 is 0 Å². The lowest BCUT2D eigenvalue weighted by atomic mass is 10.1. The minimum atomic E-state index is -3.45. The highest BCUT2D eigenvalue weighted by atomic mass is 32.2. The topological polar surface area (TPSA) is 91.8 Å². The molecule has 0 aliphatic carbocycles. The molecule has 1 fully saturated rings. The van der Waals surface area contributed by atoms with Gasteiger partial charge in [-0.1, -0.05) is 24.3 Å². The highest BCUT2D eigenvalue weighted by molar-refractivity contribution is 7.89. The van der Waals surface area contributed by atoms with Crippen molar-refractivity contribution in [2.75, 3.05) is 13.1 Å². The molecule has 2 heterocycles. The average Bonchev–Trinajstić information content (AvgIpc) is 3.18. The Labute approximate surface area is 123 Å². The zero-order valence-electron chi connectivity index (χ0n) is 11.7. The van der Waals surface area contributed by atoms with Gasteiger partial charge in [-0.05, 0) is 30.5 Å². The molecule has 1 atom stereocenters. The lowest BCUT2D eigenvalue weighted by molar-refractivity contribution is 0.471. The van der Waals surface area contributed by atoms with E-state index in [0.717, 1.165) is 12.0 Å². The van der Waals surface area contributed by atoms with E-state index in [1.165, 1.54) is 4.31 Å². The minimum absolute atomic E-state index is 0.00730. The highest BCUT2D eigenvalue weighted by Gasteiger charge is 2.34. The summed E-state index contributed by atoms with van der Waals surface area (Å²) in [6, 6.07) is 7.12. The van der Waals surface area contributed by atoms with Crippen LogP contribution in [0, 0.1) is 0 Å². The third kappa shape index (κ3) is 2.68. The van der Waals surface area contributed by atoms with Crippen LogP contribution >= 0.6 is 0 Å². The molecule has 21 heavy (non-hydrogen) atoms. The second-order valence-corrected chi connectivity index (χ2v) is 7.06. The summed E-state index contributed by atoms with van der Waals surface area (Å²) in [7, 11) is -3.45. The number of hydrogen-bond donors (Lipinski definition) is 1. The summed E-state index contributed by atoms with van der Waals surface area (Å²) in [4.78, 5) is 0.357. The maximum Gasteiger partial charge on any atom is 0.243 e. The van der Waals surface area contributed by atoms with Crippen LogP contribution in [0.15, 0.2) is 29.2 Å². The Morgan fingerprint density at radius 2 is 2.29 bits per heavy atom. The second-order valence-electron chi connectivity index (χ2n) is 5.12. The maximum absolute atomic E-state index is 12.7. The molecule has 0 saturated carbocycles. The van der Waals surface area contributed by atoms with Gasteiger partial charge in [0.25, 0.3) is 0 Å². The summed E-state index contributed by atoms with van der Waals surface area (Å²) in [5.41, 5.74) is 1.02. The molecule has 0 bridgehead atoms. The Balaban J connectivity index is 1.83. The molecule has 3 rings (SSSR count). The molecule has 0 amide bonds. The Morgan fingerprint density at radius 1 is 1.43 bits per heavy atom. The number of tetrazole rings is 1. The van der Waals surface area contributed by atoms with Crippen LogP contribution < -0.4 is 0 Å². The van der Waals surface area contributed by atoms with Crippen molar-refractivity contribution in [1.82, 2.24) is 24.9 Å². The molecule has 1 aromatic heterocycles. The van der Waals surface area contributed by atoms with Crippen molar-refractivity contribution >= 4 is 10.0 Å². The summed E-state index contributed by atoms with van der Waals surface area (Å²) >= 11 is 0. The fraction of sp³-hybridized carbons (Fsp3) is 0.462. The quantitative estimate of drug-likeness (QED) is 0.907. The molecule has 7 nitrogen and oxygen atoms in total. The highest BCUT2D eigenvalue weighted by Crippen LogP contribution is 2.29. The van der Waals surface area contributed by atoms with Crippen LogP contribution in [-0.2, 0) is 16.4 Å². The summed E-state index contributed by atoms with van der Waals surface area (Å²) in [6.45, 7) is 2.89. The number of nitrogens with one attached hydrogen (secondary N) is 1. The molecule has 0 spiro atoms. The van der Waals surface area contributed by atoms with Crippen molar-refractivity contribution in [1.29, 1.82) is 0 Å². The van der Waals surface area contributed by atoms with Crippen LogP contribution in [0.25, 0.3) is 0 Å². The molecular formula is C13H17N5O2S. The van der Waals surface area contributed by atoms with Crippen LogP contribution in [0.4, 0.5) is 0 Å². The van der Waals surface area contributed by atoms with Crippen LogP contribution in [0.3, 0.4) is 0 Å². The van der Waals surface area contributed by atoms with Crippen molar-refractivity contribution in [3.05, 3.63) is 35.7 Å². The van der Waals surface area contributed by atoms with Crippen molar-refractivity contribution in [3.63, 3.8) is 0 Å². The fourth-order valence-electron chi connectivity index (χ4n) is 2.57. The number of sulfonamides is 1. The van der Waals surface area contributed by atoms with Gasteiger partial charge in [0.15, 0.2) is 5.82 Å². The van der Waals surface area contributed by atoms with Crippen molar-refractivity contribution in [2.24, 2.45) is 0 Å². The summed E-state index contributed by atoms with van der Waals surface area (Å²) in [5.74, 6) is 0.586. The van der Waals surface area contributed by atoms with Gasteiger partial charge in [0.05, 0.1) is 4.90 Å². The predicted molar refractivity (Wildman–Crippen MR) is 76.1 cm³/mol. The summed E-state index contributed by atoms with van der Waals surface area (Å²) < 4.78 is 26.9. The van der Waals surface area contributed by atoms with E-state index in [0.29, 0.717) is 30.2 Å².